The van der Waals surface area contributed by atoms with Crippen molar-refractivity contribution in [2.45, 2.75) is 109 Å². The molecule has 3 unspecified atom stereocenters. The summed E-state index contributed by atoms with van der Waals surface area (Å²) in [5, 5.41) is 5.36. The number of fused-ring (bicyclic) bond motifs is 1. The molecule has 1 heterocycles. The Morgan fingerprint density at radius 2 is 1.61 bits per heavy atom. The summed E-state index contributed by atoms with van der Waals surface area (Å²) in [6.07, 6.45) is 0.495. The Hall–Kier alpha value is -2.79. The van der Waals surface area contributed by atoms with Crippen LogP contribution < -0.4 is 10.6 Å². The lowest BCUT2D eigenvalue weighted by atomic mass is 9.81. The van der Waals surface area contributed by atoms with Gasteiger partial charge in [-0.05, 0) is 69.1 Å². The Morgan fingerprint density at radius 1 is 1.00 bits per heavy atom. The van der Waals surface area contributed by atoms with E-state index in [4.69, 9.17) is 4.74 Å². The lowest BCUT2D eigenvalue weighted by molar-refractivity contribution is -0.153. The van der Waals surface area contributed by atoms with Gasteiger partial charge >= 0.3 is 12.1 Å². The minimum Gasteiger partial charge on any atom is -0.463 e. The fourth-order valence-electron chi connectivity index (χ4n) is 6.62. The molecule has 0 spiro atoms. The van der Waals surface area contributed by atoms with Gasteiger partial charge in [0.2, 0.25) is 17.7 Å². The minimum atomic E-state index is -2.83. The Morgan fingerprint density at radius 3 is 2.15 bits per heavy atom. The lowest BCUT2D eigenvalue weighted by Gasteiger charge is -2.38. The minimum absolute atomic E-state index is 0.0123. The number of piperidine rings is 1. The highest BCUT2D eigenvalue weighted by Gasteiger charge is 2.70. The third-order valence-corrected chi connectivity index (χ3v) is 9.22. The smallest absolute Gasteiger partial charge is 0.408 e. The molecule has 4 fully saturated rings. The Bertz CT molecular complexity index is 1070. The summed E-state index contributed by atoms with van der Waals surface area (Å²) in [7, 11) is 1.10. The summed E-state index contributed by atoms with van der Waals surface area (Å²) in [5.74, 6) is -6.34. The monoisotopic (exact) mass is 583 g/mol. The van der Waals surface area contributed by atoms with E-state index in [0.29, 0.717) is 6.42 Å². The van der Waals surface area contributed by atoms with E-state index in [9.17, 15) is 32.8 Å². The first-order valence-corrected chi connectivity index (χ1v) is 14.6. The molecule has 2 N–H and O–H groups in total. The van der Waals surface area contributed by atoms with Crippen molar-refractivity contribution in [1.29, 1.82) is 0 Å². The van der Waals surface area contributed by atoms with Gasteiger partial charge < -0.3 is 25.0 Å². The molecule has 0 aromatic heterocycles. The highest BCUT2D eigenvalue weighted by Crippen LogP contribution is 2.65. The summed E-state index contributed by atoms with van der Waals surface area (Å²) in [4.78, 5) is 66.8. The zero-order valence-corrected chi connectivity index (χ0v) is 24.8. The van der Waals surface area contributed by atoms with Crippen LogP contribution in [-0.2, 0) is 28.7 Å². The van der Waals surface area contributed by atoms with Gasteiger partial charge in [-0.15, -0.1) is 0 Å². The molecule has 12 heteroatoms. The predicted molar refractivity (Wildman–Crippen MR) is 143 cm³/mol. The number of carbonyl (C=O) groups excluding carboxylic acids is 5. The summed E-state index contributed by atoms with van der Waals surface area (Å²) in [6.45, 7) is 9.29. The number of alkyl halides is 2. The largest absolute Gasteiger partial charge is 0.463 e. The first-order valence-electron chi connectivity index (χ1n) is 14.6. The van der Waals surface area contributed by atoms with Crippen molar-refractivity contribution < 1.29 is 42.2 Å². The lowest BCUT2D eigenvalue weighted by Crippen LogP contribution is -2.60. The maximum atomic E-state index is 14.1. The fourth-order valence-corrected chi connectivity index (χ4v) is 6.62. The summed E-state index contributed by atoms with van der Waals surface area (Å²) in [5.41, 5.74) is -1.08. The topological polar surface area (TPSA) is 131 Å². The zero-order chi connectivity index (χ0) is 30.5. The van der Waals surface area contributed by atoms with E-state index >= 15 is 0 Å². The van der Waals surface area contributed by atoms with Crippen LogP contribution in [0.2, 0.25) is 0 Å². The van der Waals surface area contributed by atoms with Crippen molar-refractivity contribution in [1.82, 2.24) is 15.5 Å². The number of alkyl carbamates (subject to hydrolysis) is 1. The zero-order valence-electron chi connectivity index (χ0n) is 24.8. The molecule has 3 amide bonds. The molecule has 1 aliphatic heterocycles. The quantitative estimate of drug-likeness (QED) is 0.315. The number of amides is 3. The highest BCUT2D eigenvalue weighted by molar-refractivity contribution is 6.36. The van der Waals surface area contributed by atoms with Gasteiger partial charge in [-0.1, -0.05) is 26.7 Å². The molecular weight excluding hydrogens is 540 g/mol. The number of methoxy groups -OCH3 is 1. The molecule has 10 nitrogen and oxygen atoms in total. The number of nitrogens with one attached hydrogen (secondary N) is 2. The van der Waals surface area contributed by atoms with Crippen molar-refractivity contribution in [3.05, 3.63) is 0 Å². The third kappa shape index (κ3) is 6.99. The van der Waals surface area contributed by atoms with Crippen molar-refractivity contribution in [2.24, 2.45) is 29.1 Å². The molecule has 3 saturated carbocycles. The molecule has 41 heavy (non-hydrogen) atoms. The van der Waals surface area contributed by atoms with E-state index in [1.54, 1.807) is 20.8 Å². The van der Waals surface area contributed by atoms with E-state index in [1.807, 2.05) is 13.8 Å². The van der Waals surface area contributed by atoms with Crippen LogP contribution in [0.15, 0.2) is 0 Å². The molecular formula is C29H43F2N3O7. The second-order valence-corrected chi connectivity index (χ2v) is 13.8. The van der Waals surface area contributed by atoms with Gasteiger partial charge in [-0.3, -0.25) is 14.4 Å². The molecule has 4 rings (SSSR count). The second-order valence-electron chi connectivity index (χ2n) is 13.8. The molecule has 5 atom stereocenters. The van der Waals surface area contributed by atoms with Gasteiger partial charge in [0.1, 0.15) is 17.7 Å². The van der Waals surface area contributed by atoms with E-state index in [2.05, 4.69) is 15.4 Å². The predicted octanol–water partition coefficient (Wildman–Crippen LogP) is 3.22. The number of rotatable bonds is 9. The summed E-state index contributed by atoms with van der Waals surface area (Å²) >= 11 is 0. The Balaban J connectivity index is 1.57. The SMILES string of the molecule is COC(=O)C(=O)C(CC1CC1)NC(=O)[C@@H]1C2C(CN1C(=O)[C@@H](NC(=O)OC(C)(C)C)C1CCC(F)(F)CC1)C2(C)C. The Kier molecular flexibility index (Phi) is 8.46. The molecule has 0 aromatic rings. The second kappa shape index (κ2) is 11.1. The van der Waals surface area contributed by atoms with Gasteiger partial charge in [0.25, 0.3) is 5.78 Å². The van der Waals surface area contributed by atoms with Crippen LogP contribution >= 0.6 is 0 Å². The van der Waals surface area contributed by atoms with Gasteiger partial charge in [-0.25, -0.2) is 18.4 Å². The third-order valence-electron chi connectivity index (χ3n) is 9.22. The molecule has 0 radical (unpaired) electrons. The van der Waals surface area contributed by atoms with Crippen LogP contribution in [-0.4, -0.2) is 77.9 Å². The first-order chi connectivity index (χ1) is 18.9. The molecule has 0 bridgehead atoms. The molecule has 230 valence electrons. The first kappa shape index (κ1) is 31.2. The number of halogens is 2. The molecule has 0 aromatic carbocycles. The van der Waals surface area contributed by atoms with Crippen molar-refractivity contribution in [3.63, 3.8) is 0 Å². The average Bonchev–Trinajstić information content (AvgIpc) is 3.72. The number of esters is 1. The number of ketones is 1. The van der Waals surface area contributed by atoms with E-state index in [1.165, 1.54) is 4.90 Å². The van der Waals surface area contributed by atoms with Crippen LogP contribution in [0.1, 0.15) is 79.6 Å². The van der Waals surface area contributed by atoms with Gasteiger partial charge in [0.15, 0.2) is 0 Å². The number of Topliss-reactive ketones (excluding diaryl/α,β-unsaturated/α-hetero) is 1. The number of hydrogen-bond acceptors (Lipinski definition) is 7. The number of nitrogens with zero attached hydrogens (tertiary/aromatic N) is 1. The van der Waals surface area contributed by atoms with E-state index < -0.39 is 78.1 Å². The average molecular weight is 584 g/mol. The number of carbonyl (C=O) groups is 5. The normalized spacial score (nSPS) is 28.1. The molecule has 1 saturated heterocycles. The number of likely N-dealkylation sites (tertiary alicyclic amines) is 1. The summed E-state index contributed by atoms with van der Waals surface area (Å²) in [6, 6.07) is -3.17. The van der Waals surface area contributed by atoms with E-state index in [-0.39, 0.29) is 42.6 Å². The summed E-state index contributed by atoms with van der Waals surface area (Å²) < 4.78 is 37.9. The number of hydrogen-bond donors (Lipinski definition) is 2. The van der Waals surface area contributed by atoms with Gasteiger partial charge in [-0.2, -0.15) is 0 Å². The fraction of sp³-hybridized carbons (Fsp3) is 0.828. The van der Waals surface area contributed by atoms with Crippen LogP contribution in [0.4, 0.5) is 13.6 Å². The Labute approximate surface area is 239 Å². The highest BCUT2D eigenvalue weighted by atomic mass is 19.3. The van der Waals surface area contributed by atoms with Crippen molar-refractivity contribution in [2.75, 3.05) is 13.7 Å². The van der Waals surface area contributed by atoms with Crippen molar-refractivity contribution in [3.8, 4) is 0 Å². The maximum Gasteiger partial charge on any atom is 0.408 e. The standard InChI is InChI=1S/C29H43F2N3O7/c1-27(2,3)41-26(39)33-20(16-9-11-29(30,31)12-10-16)24(37)34-14-17-19(28(17,4)5)21(34)23(36)32-18(13-15-7-8-15)22(35)25(38)40-6/h15-21H,7-14H2,1-6H3,(H,32,36)(H,33,39)/t17?,18?,19?,20-,21-/m0/s1. The number of ether oxygens (including phenoxy) is 2. The maximum absolute atomic E-state index is 14.1. The van der Waals surface area contributed by atoms with E-state index in [0.717, 1.165) is 20.0 Å². The molecule has 3 aliphatic carbocycles. The van der Waals surface area contributed by atoms with Crippen LogP contribution in [0, 0.1) is 29.1 Å². The van der Waals surface area contributed by atoms with Crippen molar-refractivity contribution >= 4 is 29.7 Å². The van der Waals surface area contributed by atoms with Crippen LogP contribution in [0.3, 0.4) is 0 Å². The van der Waals surface area contributed by atoms with Crippen LogP contribution in [0.5, 0.6) is 0 Å². The molecule has 4 aliphatic rings. The van der Waals surface area contributed by atoms with Gasteiger partial charge in [0.05, 0.1) is 13.2 Å². The van der Waals surface area contributed by atoms with Crippen LogP contribution in [0.25, 0.3) is 0 Å². The van der Waals surface area contributed by atoms with Gasteiger partial charge in [0, 0.05) is 19.4 Å².